The molecule has 0 N–H and O–H groups in total. The predicted molar refractivity (Wildman–Crippen MR) is 89.7 cm³/mol. The fourth-order valence-corrected chi connectivity index (χ4v) is 3.15. The Morgan fingerprint density at radius 1 is 1.05 bits per heavy atom. The Bertz CT molecular complexity index is 621. The highest BCUT2D eigenvalue weighted by Crippen LogP contribution is 2.31. The molecule has 0 saturated carbocycles. The molecule has 0 amide bonds. The summed E-state index contributed by atoms with van der Waals surface area (Å²) in [6, 6.07) is 9.45. The van der Waals surface area contributed by atoms with Gasteiger partial charge in [-0.15, -0.1) is 0 Å². The summed E-state index contributed by atoms with van der Waals surface area (Å²) in [5, 5.41) is 1.24. The summed E-state index contributed by atoms with van der Waals surface area (Å²) >= 11 is 12.1. The van der Waals surface area contributed by atoms with Gasteiger partial charge in [0.1, 0.15) is 11.5 Å². The van der Waals surface area contributed by atoms with Gasteiger partial charge in [-0.2, -0.15) is 0 Å². The Morgan fingerprint density at radius 2 is 1.86 bits per heavy atom. The normalized spacial score (nSPS) is 16.1. The lowest BCUT2D eigenvalue weighted by atomic mass is 10.2. The number of rotatable bonds is 5. The van der Waals surface area contributed by atoms with Crippen LogP contribution in [0.15, 0.2) is 34.7 Å². The molecule has 1 aromatic carbocycles. The molecule has 2 heterocycles. The smallest absolute Gasteiger partial charge is 0.135 e. The van der Waals surface area contributed by atoms with Crippen LogP contribution in [0.5, 0.6) is 0 Å². The van der Waals surface area contributed by atoms with Crippen LogP contribution in [-0.4, -0.2) is 37.7 Å². The molecular formula is C17H19Cl2NO2. The molecule has 0 spiro atoms. The number of furan rings is 1. The molecule has 5 heteroatoms. The first-order valence-electron chi connectivity index (χ1n) is 7.56. The molecular weight excluding hydrogens is 321 g/mol. The number of ether oxygens (including phenoxy) is 1. The van der Waals surface area contributed by atoms with Crippen molar-refractivity contribution in [1.29, 1.82) is 0 Å². The standard InChI is InChI=1S/C17H19Cl2NO2/c18-13-3-5-15(16(19)12-13)17-6-4-14(22-17)2-1-7-20-8-10-21-11-9-20/h3-6,12H,1-2,7-11H2. The Kier molecular flexibility index (Phi) is 5.42. The van der Waals surface area contributed by atoms with Gasteiger partial charge in [-0.25, -0.2) is 0 Å². The molecule has 1 aliphatic heterocycles. The van der Waals surface area contributed by atoms with Crippen LogP contribution in [0.3, 0.4) is 0 Å². The highest BCUT2D eigenvalue weighted by Gasteiger charge is 2.11. The second-order valence-corrected chi connectivity index (χ2v) is 6.29. The number of benzene rings is 1. The van der Waals surface area contributed by atoms with Crippen molar-refractivity contribution in [2.24, 2.45) is 0 Å². The van der Waals surface area contributed by atoms with Crippen molar-refractivity contribution >= 4 is 23.2 Å². The van der Waals surface area contributed by atoms with E-state index in [0.717, 1.165) is 62.8 Å². The van der Waals surface area contributed by atoms with Crippen molar-refractivity contribution in [3.8, 4) is 11.3 Å². The van der Waals surface area contributed by atoms with Crippen molar-refractivity contribution < 1.29 is 9.15 Å². The average Bonchev–Trinajstić information content (AvgIpc) is 2.97. The number of hydrogen-bond acceptors (Lipinski definition) is 3. The summed E-state index contributed by atoms with van der Waals surface area (Å²) in [5.41, 5.74) is 0.880. The van der Waals surface area contributed by atoms with Crippen molar-refractivity contribution in [2.75, 3.05) is 32.8 Å². The van der Waals surface area contributed by atoms with E-state index in [1.165, 1.54) is 0 Å². The number of nitrogens with zero attached hydrogens (tertiary/aromatic N) is 1. The lowest BCUT2D eigenvalue weighted by Gasteiger charge is -2.26. The van der Waals surface area contributed by atoms with Gasteiger partial charge in [-0.05, 0) is 43.3 Å². The molecule has 1 aliphatic rings. The molecule has 22 heavy (non-hydrogen) atoms. The van der Waals surface area contributed by atoms with Crippen molar-refractivity contribution in [1.82, 2.24) is 4.90 Å². The summed E-state index contributed by atoms with van der Waals surface area (Å²) in [6.45, 7) is 4.84. The zero-order valence-electron chi connectivity index (χ0n) is 12.4. The second kappa shape index (κ2) is 7.51. The minimum Gasteiger partial charge on any atom is -0.461 e. The predicted octanol–water partition coefficient (Wildman–Crippen LogP) is 4.52. The van der Waals surface area contributed by atoms with Crippen LogP contribution in [-0.2, 0) is 11.2 Å². The van der Waals surface area contributed by atoms with Gasteiger partial charge in [0.25, 0.3) is 0 Å². The first-order valence-corrected chi connectivity index (χ1v) is 8.32. The van der Waals surface area contributed by atoms with Gasteiger partial charge < -0.3 is 9.15 Å². The topological polar surface area (TPSA) is 25.6 Å². The Labute approximate surface area is 140 Å². The van der Waals surface area contributed by atoms with Crippen LogP contribution in [0.2, 0.25) is 10.0 Å². The fraction of sp³-hybridized carbons (Fsp3) is 0.412. The molecule has 0 unspecified atom stereocenters. The number of hydrogen-bond donors (Lipinski definition) is 0. The minimum absolute atomic E-state index is 0.613. The second-order valence-electron chi connectivity index (χ2n) is 5.45. The van der Waals surface area contributed by atoms with Crippen LogP contribution < -0.4 is 0 Å². The Balaban J connectivity index is 1.56. The van der Waals surface area contributed by atoms with Crippen LogP contribution in [0.1, 0.15) is 12.2 Å². The first kappa shape index (κ1) is 15.9. The molecule has 2 aromatic rings. The third-order valence-corrected chi connectivity index (χ3v) is 4.41. The highest BCUT2D eigenvalue weighted by atomic mass is 35.5. The summed E-state index contributed by atoms with van der Waals surface area (Å²) in [5.74, 6) is 1.79. The molecule has 1 aromatic heterocycles. The van der Waals surface area contributed by atoms with E-state index in [-0.39, 0.29) is 0 Å². The summed E-state index contributed by atoms with van der Waals surface area (Å²) in [4.78, 5) is 2.43. The van der Waals surface area contributed by atoms with Gasteiger partial charge in [-0.3, -0.25) is 4.90 Å². The van der Waals surface area contributed by atoms with E-state index in [9.17, 15) is 0 Å². The van der Waals surface area contributed by atoms with Gasteiger partial charge >= 0.3 is 0 Å². The van der Waals surface area contributed by atoms with Gasteiger partial charge in [-0.1, -0.05) is 23.2 Å². The van der Waals surface area contributed by atoms with Crippen LogP contribution in [0.25, 0.3) is 11.3 Å². The van der Waals surface area contributed by atoms with Crippen LogP contribution >= 0.6 is 23.2 Å². The number of aryl methyl sites for hydroxylation is 1. The van der Waals surface area contributed by atoms with E-state index in [0.29, 0.717) is 10.0 Å². The maximum absolute atomic E-state index is 6.22. The zero-order valence-corrected chi connectivity index (χ0v) is 13.9. The molecule has 118 valence electrons. The van der Waals surface area contributed by atoms with Crippen molar-refractivity contribution in [3.05, 3.63) is 46.1 Å². The van der Waals surface area contributed by atoms with E-state index in [2.05, 4.69) is 4.90 Å². The lowest BCUT2D eigenvalue weighted by molar-refractivity contribution is 0.0373. The largest absolute Gasteiger partial charge is 0.461 e. The third kappa shape index (κ3) is 4.05. The van der Waals surface area contributed by atoms with Gasteiger partial charge in [0.05, 0.1) is 18.2 Å². The molecule has 0 atom stereocenters. The highest BCUT2D eigenvalue weighted by molar-refractivity contribution is 6.36. The van der Waals surface area contributed by atoms with Crippen molar-refractivity contribution in [3.63, 3.8) is 0 Å². The molecule has 3 rings (SSSR count). The maximum Gasteiger partial charge on any atom is 0.135 e. The molecule has 3 nitrogen and oxygen atoms in total. The maximum atomic E-state index is 6.22. The monoisotopic (exact) mass is 339 g/mol. The van der Waals surface area contributed by atoms with Crippen LogP contribution in [0.4, 0.5) is 0 Å². The first-order chi connectivity index (χ1) is 10.7. The number of morpholine rings is 1. The lowest BCUT2D eigenvalue weighted by Crippen LogP contribution is -2.36. The van der Waals surface area contributed by atoms with E-state index in [4.69, 9.17) is 32.4 Å². The zero-order chi connectivity index (χ0) is 15.4. The quantitative estimate of drug-likeness (QED) is 0.800. The SMILES string of the molecule is Clc1ccc(-c2ccc(CCCN3CCOCC3)o2)c(Cl)c1. The van der Waals surface area contributed by atoms with Gasteiger partial charge in [0.15, 0.2) is 0 Å². The summed E-state index contributed by atoms with van der Waals surface area (Å²) in [6.07, 6.45) is 2.02. The van der Waals surface area contributed by atoms with E-state index < -0.39 is 0 Å². The van der Waals surface area contributed by atoms with Crippen LogP contribution in [0, 0.1) is 0 Å². The Hall–Kier alpha value is -1.00. The van der Waals surface area contributed by atoms with Crippen molar-refractivity contribution in [2.45, 2.75) is 12.8 Å². The summed E-state index contributed by atoms with van der Waals surface area (Å²) in [7, 11) is 0. The fourth-order valence-electron chi connectivity index (χ4n) is 2.65. The summed E-state index contributed by atoms with van der Waals surface area (Å²) < 4.78 is 11.3. The van der Waals surface area contributed by atoms with Gasteiger partial charge in [0, 0.05) is 30.1 Å². The molecule has 1 saturated heterocycles. The minimum atomic E-state index is 0.613. The number of halogens is 2. The van der Waals surface area contributed by atoms with E-state index in [1.807, 2.05) is 24.3 Å². The Morgan fingerprint density at radius 3 is 2.64 bits per heavy atom. The average molecular weight is 340 g/mol. The van der Waals surface area contributed by atoms with E-state index >= 15 is 0 Å². The molecule has 0 aliphatic carbocycles. The molecule has 1 fully saturated rings. The van der Waals surface area contributed by atoms with Gasteiger partial charge in [0.2, 0.25) is 0 Å². The molecule has 0 radical (unpaired) electrons. The third-order valence-electron chi connectivity index (χ3n) is 3.86. The molecule has 0 bridgehead atoms. The van der Waals surface area contributed by atoms with E-state index in [1.54, 1.807) is 6.07 Å².